The number of nitrogens with one attached hydrogen (secondary N) is 2. The van der Waals surface area contributed by atoms with E-state index in [-0.39, 0.29) is 11.8 Å². The first-order valence-electron chi connectivity index (χ1n) is 11.9. The van der Waals surface area contributed by atoms with Gasteiger partial charge in [-0.1, -0.05) is 60.7 Å². The van der Waals surface area contributed by atoms with Gasteiger partial charge in [0.1, 0.15) is 12.0 Å². The van der Waals surface area contributed by atoms with Crippen LogP contribution in [-0.4, -0.2) is 26.4 Å². The van der Waals surface area contributed by atoms with E-state index in [2.05, 4.69) is 47.6 Å². The zero-order valence-corrected chi connectivity index (χ0v) is 19.6. The van der Waals surface area contributed by atoms with Crippen LogP contribution in [0.4, 0.5) is 0 Å². The zero-order valence-electron chi connectivity index (χ0n) is 19.6. The quantitative estimate of drug-likeness (QED) is 0.223. The number of aromatic nitrogens is 2. The van der Waals surface area contributed by atoms with Crippen LogP contribution in [0.15, 0.2) is 97.3 Å². The highest BCUT2D eigenvalue weighted by Crippen LogP contribution is 2.31. The summed E-state index contributed by atoms with van der Waals surface area (Å²) in [4.78, 5) is 8.01. The normalized spacial score (nSPS) is 13.1. The number of aromatic amines is 1. The predicted molar refractivity (Wildman–Crippen MR) is 140 cm³/mol. The molecule has 2 heterocycles. The summed E-state index contributed by atoms with van der Waals surface area (Å²) in [5.74, 6) is 0.208. The molecule has 3 aromatic carbocycles. The molecule has 5 aromatic rings. The summed E-state index contributed by atoms with van der Waals surface area (Å²) >= 11 is 0. The number of H-pyrrole nitrogens is 1. The number of fused-ring (bicyclic) bond motifs is 1. The van der Waals surface area contributed by atoms with Gasteiger partial charge in [-0.15, -0.1) is 0 Å². The third kappa shape index (κ3) is 5.11. The molecule has 5 heteroatoms. The summed E-state index contributed by atoms with van der Waals surface area (Å²) in [6, 6.07) is 27.6. The number of hydrogen-bond acceptors (Lipinski definition) is 4. The number of aryl methyl sites for hydroxylation is 1. The van der Waals surface area contributed by atoms with E-state index in [9.17, 15) is 10.2 Å². The maximum Gasteiger partial charge on any atom is 0.116 e. The highest BCUT2D eigenvalue weighted by molar-refractivity contribution is 5.84. The molecule has 0 saturated heterocycles. The largest absolute Gasteiger partial charge is 0.508 e. The molecule has 0 bridgehead atoms. The predicted octanol–water partition coefficient (Wildman–Crippen LogP) is 5.68. The molecule has 2 atom stereocenters. The van der Waals surface area contributed by atoms with E-state index in [1.54, 1.807) is 12.1 Å². The van der Waals surface area contributed by atoms with E-state index in [0.29, 0.717) is 12.8 Å². The Morgan fingerprint density at radius 1 is 0.886 bits per heavy atom. The van der Waals surface area contributed by atoms with Crippen molar-refractivity contribution in [2.75, 3.05) is 0 Å². The Morgan fingerprint density at radius 2 is 1.66 bits per heavy atom. The molecule has 0 fully saturated rings. The van der Waals surface area contributed by atoms with Crippen LogP contribution in [0.25, 0.3) is 22.0 Å². The van der Waals surface area contributed by atoms with Crippen LogP contribution in [0.1, 0.15) is 28.4 Å². The molecule has 0 aliphatic carbocycles. The van der Waals surface area contributed by atoms with E-state index >= 15 is 0 Å². The molecule has 1 unspecified atom stereocenters. The summed E-state index contributed by atoms with van der Waals surface area (Å²) in [7, 11) is 0. The molecular weight excluding hydrogens is 434 g/mol. The smallest absolute Gasteiger partial charge is 0.116 e. The molecule has 0 spiro atoms. The minimum absolute atomic E-state index is 0.207. The van der Waals surface area contributed by atoms with E-state index in [4.69, 9.17) is 4.98 Å². The molecule has 4 N–H and O–H groups in total. The van der Waals surface area contributed by atoms with E-state index in [0.717, 1.165) is 38.9 Å². The Kier molecular flexibility index (Phi) is 6.62. The van der Waals surface area contributed by atoms with Crippen molar-refractivity contribution in [2.45, 2.75) is 32.0 Å². The zero-order chi connectivity index (χ0) is 24.2. The van der Waals surface area contributed by atoms with Crippen LogP contribution >= 0.6 is 0 Å². The number of pyridine rings is 1. The fraction of sp³-hybridized carbons (Fsp3) is 0.167. The van der Waals surface area contributed by atoms with Crippen LogP contribution < -0.4 is 5.32 Å². The topological polar surface area (TPSA) is 81.2 Å². The lowest BCUT2D eigenvalue weighted by Gasteiger charge is -2.25. The Morgan fingerprint density at radius 3 is 2.49 bits per heavy atom. The number of aromatic hydroxyl groups is 1. The van der Waals surface area contributed by atoms with Gasteiger partial charge in [0, 0.05) is 35.3 Å². The van der Waals surface area contributed by atoms with Gasteiger partial charge in [0.15, 0.2) is 0 Å². The van der Waals surface area contributed by atoms with Gasteiger partial charge < -0.3 is 15.2 Å². The monoisotopic (exact) mass is 463 g/mol. The van der Waals surface area contributed by atoms with Crippen molar-refractivity contribution in [2.24, 2.45) is 0 Å². The molecule has 5 nitrogen and oxygen atoms in total. The molecule has 176 valence electrons. The van der Waals surface area contributed by atoms with Crippen LogP contribution in [0.5, 0.6) is 5.75 Å². The first kappa shape index (κ1) is 22.8. The fourth-order valence-electron chi connectivity index (χ4n) is 4.72. The Hall–Kier alpha value is -3.93. The van der Waals surface area contributed by atoms with Gasteiger partial charge in [-0.3, -0.25) is 10.3 Å². The van der Waals surface area contributed by atoms with Crippen LogP contribution in [-0.2, 0) is 12.8 Å². The summed E-state index contributed by atoms with van der Waals surface area (Å²) < 4.78 is 0. The van der Waals surface area contributed by atoms with Crippen molar-refractivity contribution in [3.63, 3.8) is 0 Å². The molecule has 0 radical (unpaired) electrons. The maximum atomic E-state index is 11.2. The number of nitrogens with zero attached hydrogens (tertiary/aromatic N) is 1. The second kappa shape index (κ2) is 10.1. The van der Waals surface area contributed by atoms with Crippen LogP contribution in [0.2, 0.25) is 0 Å². The maximum absolute atomic E-state index is 11.2. The third-order valence-corrected chi connectivity index (χ3v) is 6.44. The van der Waals surface area contributed by atoms with Crippen molar-refractivity contribution in [3.8, 4) is 16.9 Å². The number of benzene rings is 3. The highest BCUT2D eigenvalue weighted by Gasteiger charge is 2.22. The second-order valence-corrected chi connectivity index (χ2v) is 8.92. The van der Waals surface area contributed by atoms with Gasteiger partial charge in [-0.25, -0.2) is 0 Å². The Balaban J connectivity index is 1.48. The molecule has 0 aliphatic rings. The van der Waals surface area contributed by atoms with Gasteiger partial charge in [-0.2, -0.15) is 0 Å². The number of aliphatic hydroxyl groups excluding tert-OH is 1. The number of aliphatic hydroxyl groups is 1. The molecule has 2 aromatic heterocycles. The minimum Gasteiger partial charge on any atom is -0.508 e. The Bertz CT molecular complexity index is 1430. The minimum atomic E-state index is -0.809. The number of phenols is 1. The van der Waals surface area contributed by atoms with Crippen LogP contribution in [0, 0.1) is 6.92 Å². The van der Waals surface area contributed by atoms with Crippen molar-refractivity contribution in [1.29, 1.82) is 0 Å². The SMILES string of the molecule is Cc1ccccc1-c1cccnc1[C@H](Cc1ccccc1)NC(O)Cc1c[nH]c2ccc(O)cc12. The molecule has 35 heavy (non-hydrogen) atoms. The van der Waals surface area contributed by atoms with Gasteiger partial charge >= 0.3 is 0 Å². The van der Waals surface area contributed by atoms with Crippen molar-refractivity contribution in [3.05, 3.63) is 120 Å². The van der Waals surface area contributed by atoms with Crippen molar-refractivity contribution >= 4 is 10.9 Å². The van der Waals surface area contributed by atoms with Gasteiger partial charge in [0.2, 0.25) is 0 Å². The average molecular weight is 464 g/mol. The highest BCUT2D eigenvalue weighted by atomic mass is 16.3. The second-order valence-electron chi connectivity index (χ2n) is 8.92. The summed E-state index contributed by atoms with van der Waals surface area (Å²) in [6.07, 6.45) is 3.97. The van der Waals surface area contributed by atoms with Gasteiger partial charge in [-0.05, 0) is 59.9 Å². The summed E-state index contributed by atoms with van der Waals surface area (Å²) in [6.45, 7) is 2.10. The standard InChI is InChI=1S/C30H29N3O2/c1-20-8-5-6-11-24(20)25-12-7-15-31-30(25)28(16-21-9-3-2-4-10-21)33-29(35)17-22-19-32-27-14-13-23(34)18-26(22)27/h2-15,18-19,28-29,32-35H,16-17H2,1H3/t28-,29?/m0/s1. The fourth-order valence-corrected chi connectivity index (χ4v) is 4.72. The molecule has 0 aliphatic heterocycles. The van der Waals surface area contributed by atoms with E-state index < -0.39 is 6.23 Å². The number of hydrogen-bond donors (Lipinski definition) is 4. The summed E-state index contributed by atoms with van der Waals surface area (Å²) in [5.41, 5.74) is 7.31. The Labute approximate surface area is 205 Å². The molecular formula is C30H29N3O2. The molecule has 0 amide bonds. The first-order chi connectivity index (χ1) is 17.1. The first-order valence-corrected chi connectivity index (χ1v) is 11.9. The molecule has 0 saturated carbocycles. The van der Waals surface area contributed by atoms with Gasteiger partial charge in [0.05, 0.1) is 11.7 Å². The number of rotatable bonds is 8. The third-order valence-electron chi connectivity index (χ3n) is 6.44. The average Bonchev–Trinajstić information content (AvgIpc) is 3.26. The lowest BCUT2D eigenvalue weighted by molar-refractivity contribution is 0.121. The number of phenolic OH excluding ortho intramolecular Hbond substituents is 1. The van der Waals surface area contributed by atoms with Crippen LogP contribution in [0.3, 0.4) is 0 Å². The van der Waals surface area contributed by atoms with Crippen molar-refractivity contribution < 1.29 is 10.2 Å². The van der Waals surface area contributed by atoms with Crippen molar-refractivity contribution in [1.82, 2.24) is 15.3 Å². The summed E-state index contributed by atoms with van der Waals surface area (Å²) in [5, 5.41) is 25.4. The lowest BCUT2D eigenvalue weighted by Crippen LogP contribution is -2.36. The lowest BCUT2D eigenvalue weighted by atomic mass is 9.93. The van der Waals surface area contributed by atoms with E-state index in [1.807, 2.05) is 54.9 Å². The van der Waals surface area contributed by atoms with Gasteiger partial charge in [0.25, 0.3) is 0 Å². The van der Waals surface area contributed by atoms with E-state index in [1.165, 1.54) is 5.56 Å². The molecule has 5 rings (SSSR count).